The van der Waals surface area contributed by atoms with Gasteiger partial charge in [0.05, 0.1) is 0 Å². The van der Waals surface area contributed by atoms with Crippen molar-refractivity contribution in [3.63, 3.8) is 0 Å². The van der Waals surface area contributed by atoms with Crippen molar-refractivity contribution < 1.29 is 18.9 Å². The Hall–Kier alpha value is -0.160. The van der Waals surface area contributed by atoms with E-state index in [2.05, 4.69) is 6.92 Å². The van der Waals surface area contributed by atoms with Gasteiger partial charge in [0, 0.05) is 26.9 Å². The highest BCUT2D eigenvalue weighted by molar-refractivity contribution is 4.72. The molecule has 0 aromatic rings. The lowest BCUT2D eigenvalue weighted by molar-refractivity contribution is -0.413. The number of rotatable bonds is 15. The van der Waals surface area contributed by atoms with E-state index in [1.54, 1.807) is 7.11 Å². The van der Waals surface area contributed by atoms with E-state index < -0.39 is 5.97 Å². The minimum absolute atomic E-state index is 0.191. The zero-order valence-electron chi connectivity index (χ0n) is 14.8. The molecule has 4 nitrogen and oxygen atoms in total. The largest absolute Gasteiger partial charge is 0.373 e. The van der Waals surface area contributed by atoms with Gasteiger partial charge in [-0.3, -0.25) is 0 Å². The van der Waals surface area contributed by atoms with Gasteiger partial charge in [0.2, 0.25) is 0 Å². The molecule has 4 heteroatoms. The topological polar surface area (TPSA) is 36.9 Å². The minimum atomic E-state index is -1.06. The Labute approximate surface area is 131 Å². The molecule has 0 aliphatic carbocycles. The molecule has 0 saturated heterocycles. The molecule has 0 saturated carbocycles. The van der Waals surface area contributed by atoms with Crippen LogP contribution >= 0.6 is 0 Å². The molecule has 128 valence electrons. The van der Waals surface area contributed by atoms with Crippen molar-refractivity contribution in [2.75, 3.05) is 26.9 Å². The molecular weight excluding hydrogens is 268 g/mol. The minimum Gasteiger partial charge on any atom is -0.373 e. The number of hydrogen-bond acceptors (Lipinski definition) is 4. The van der Waals surface area contributed by atoms with Crippen LogP contribution in [0.3, 0.4) is 0 Å². The standard InChI is InChI=1S/C17H36O4/c1-6-10-11-12-13-14-15-16(18-5)17(19-7-2,20-8-3)21-9-4/h16H,6-15H2,1-5H3. The Morgan fingerprint density at radius 1 is 0.714 bits per heavy atom. The van der Waals surface area contributed by atoms with Crippen molar-refractivity contribution in [3.05, 3.63) is 0 Å². The van der Waals surface area contributed by atoms with Crippen molar-refractivity contribution in [2.45, 2.75) is 84.7 Å². The number of methoxy groups -OCH3 is 1. The monoisotopic (exact) mass is 304 g/mol. The lowest BCUT2D eigenvalue weighted by Crippen LogP contribution is -2.51. The maximum absolute atomic E-state index is 5.79. The highest BCUT2D eigenvalue weighted by atomic mass is 16.9. The maximum Gasteiger partial charge on any atom is 0.310 e. The van der Waals surface area contributed by atoms with Gasteiger partial charge in [-0.05, 0) is 27.2 Å². The predicted octanol–water partition coefficient (Wildman–Crippen LogP) is 4.52. The quantitative estimate of drug-likeness (QED) is 0.329. The SMILES string of the molecule is CCCCCCCCC(OC)C(OCC)(OCC)OCC. The van der Waals surface area contributed by atoms with Crippen LogP contribution in [0.2, 0.25) is 0 Å². The second kappa shape index (κ2) is 13.5. The smallest absolute Gasteiger partial charge is 0.310 e. The Morgan fingerprint density at radius 2 is 1.19 bits per heavy atom. The lowest BCUT2D eigenvalue weighted by atomic mass is 10.1. The van der Waals surface area contributed by atoms with Crippen LogP contribution in [0.1, 0.15) is 72.6 Å². The van der Waals surface area contributed by atoms with Crippen LogP contribution in [-0.4, -0.2) is 39.0 Å². The van der Waals surface area contributed by atoms with Crippen LogP contribution in [0.4, 0.5) is 0 Å². The van der Waals surface area contributed by atoms with E-state index in [1.165, 1.54) is 32.1 Å². The van der Waals surface area contributed by atoms with E-state index in [-0.39, 0.29) is 6.10 Å². The molecule has 0 aliphatic rings. The molecule has 0 bridgehead atoms. The molecule has 0 aromatic heterocycles. The molecule has 0 rings (SSSR count). The highest BCUT2D eigenvalue weighted by Gasteiger charge is 2.42. The van der Waals surface area contributed by atoms with E-state index in [9.17, 15) is 0 Å². The van der Waals surface area contributed by atoms with E-state index in [0.29, 0.717) is 19.8 Å². The molecular formula is C17H36O4. The fourth-order valence-electron chi connectivity index (χ4n) is 2.56. The molecule has 0 heterocycles. The second-order valence-corrected chi connectivity index (χ2v) is 5.18. The fraction of sp³-hybridized carbons (Fsp3) is 1.00. The number of ether oxygens (including phenoxy) is 4. The van der Waals surface area contributed by atoms with Crippen molar-refractivity contribution in [3.8, 4) is 0 Å². The van der Waals surface area contributed by atoms with Crippen molar-refractivity contribution >= 4 is 0 Å². The van der Waals surface area contributed by atoms with Gasteiger partial charge >= 0.3 is 5.97 Å². The van der Waals surface area contributed by atoms with Crippen LogP contribution < -0.4 is 0 Å². The zero-order valence-corrected chi connectivity index (χ0v) is 14.8. The van der Waals surface area contributed by atoms with E-state index in [4.69, 9.17) is 18.9 Å². The Bertz CT molecular complexity index is 204. The molecule has 0 spiro atoms. The summed E-state index contributed by atoms with van der Waals surface area (Å²) in [6, 6.07) is 0. The zero-order chi connectivity index (χ0) is 16.0. The summed E-state index contributed by atoms with van der Waals surface area (Å²) in [6.45, 7) is 9.70. The fourth-order valence-corrected chi connectivity index (χ4v) is 2.56. The van der Waals surface area contributed by atoms with Gasteiger partial charge in [-0.2, -0.15) is 0 Å². The average molecular weight is 304 g/mol. The van der Waals surface area contributed by atoms with Gasteiger partial charge in [0.1, 0.15) is 6.10 Å². The summed E-state index contributed by atoms with van der Waals surface area (Å²) in [5.74, 6) is -1.06. The molecule has 21 heavy (non-hydrogen) atoms. The first-order valence-corrected chi connectivity index (χ1v) is 8.65. The van der Waals surface area contributed by atoms with E-state index >= 15 is 0 Å². The third-order valence-electron chi connectivity index (χ3n) is 3.54. The van der Waals surface area contributed by atoms with Gasteiger partial charge in [-0.15, -0.1) is 0 Å². The summed E-state index contributed by atoms with van der Waals surface area (Å²) in [5, 5.41) is 0. The van der Waals surface area contributed by atoms with Crippen molar-refractivity contribution in [2.24, 2.45) is 0 Å². The van der Waals surface area contributed by atoms with Gasteiger partial charge in [-0.1, -0.05) is 45.4 Å². The first-order valence-electron chi connectivity index (χ1n) is 8.65. The van der Waals surface area contributed by atoms with Crippen LogP contribution in [0.5, 0.6) is 0 Å². The molecule has 1 unspecified atom stereocenters. The van der Waals surface area contributed by atoms with E-state index in [0.717, 1.165) is 12.8 Å². The van der Waals surface area contributed by atoms with Gasteiger partial charge < -0.3 is 18.9 Å². The summed E-state index contributed by atoms with van der Waals surface area (Å²) in [6.07, 6.45) is 8.25. The van der Waals surface area contributed by atoms with Gasteiger partial charge in [-0.25, -0.2) is 0 Å². The number of unbranched alkanes of at least 4 members (excludes halogenated alkanes) is 5. The number of hydrogen-bond donors (Lipinski definition) is 0. The summed E-state index contributed by atoms with van der Waals surface area (Å²) >= 11 is 0. The molecule has 0 amide bonds. The molecule has 0 N–H and O–H groups in total. The first-order chi connectivity index (χ1) is 10.2. The van der Waals surface area contributed by atoms with Crippen molar-refractivity contribution in [1.82, 2.24) is 0 Å². The Kier molecular flexibility index (Phi) is 13.4. The van der Waals surface area contributed by atoms with Crippen LogP contribution in [0.15, 0.2) is 0 Å². The normalized spacial score (nSPS) is 13.6. The summed E-state index contributed by atoms with van der Waals surface area (Å²) in [5.41, 5.74) is 0. The summed E-state index contributed by atoms with van der Waals surface area (Å²) < 4.78 is 23.0. The summed E-state index contributed by atoms with van der Waals surface area (Å²) in [7, 11) is 1.70. The lowest BCUT2D eigenvalue weighted by Gasteiger charge is -2.38. The Morgan fingerprint density at radius 3 is 1.62 bits per heavy atom. The third-order valence-corrected chi connectivity index (χ3v) is 3.54. The molecule has 0 fully saturated rings. The van der Waals surface area contributed by atoms with Gasteiger partial charge in [0.15, 0.2) is 0 Å². The second-order valence-electron chi connectivity index (χ2n) is 5.18. The van der Waals surface area contributed by atoms with Crippen LogP contribution in [0, 0.1) is 0 Å². The maximum atomic E-state index is 5.79. The summed E-state index contributed by atoms with van der Waals surface area (Å²) in [4.78, 5) is 0. The molecule has 0 aliphatic heterocycles. The molecule has 0 radical (unpaired) electrons. The highest BCUT2D eigenvalue weighted by Crippen LogP contribution is 2.27. The van der Waals surface area contributed by atoms with Crippen LogP contribution in [-0.2, 0) is 18.9 Å². The predicted molar refractivity (Wildman–Crippen MR) is 86.4 cm³/mol. The van der Waals surface area contributed by atoms with Crippen LogP contribution in [0.25, 0.3) is 0 Å². The van der Waals surface area contributed by atoms with Crippen molar-refractivity contribution in [1.29, 1.82) is 0 Å². The first kappa shape index (κ1) is 20.8. The molecule has 0 aromatic carbocycles. The Balaban J connectivity index is 4.43. The third kappa shape index (κ3) is 8.15. The average Bonchev–Trinajstić information content (AvgIpc) is 2.47. The van der Waals surface area contributed by atoms with E-state index in [1.807, 2.05) is 20.8 Å². The van der Waals surface area contributed by atoms with Gasteiger partial charge in [0.25, 0.3) is 0 Å². The molecule has 1 atom stereocenters.